The molecule has 6 nitrogen and oxygen atoms in total. The molecule has 0 saturated heterocycles. The Morgan fingerprint density at radius 2 is 0.696 bits per heavy atom. The lowest BCUT2D eigenvalue weighted by Crippen LogP contribution is -2.30. The van der Waals surface area contributed by atoms with Gasteiger partial charge in [-0.2, -0.15) is 0 Å². The Kier molecular flexibility index (Phi) is 43.4. The second kappa shape index (κ2) is 45.3. The van der Waals surface area contributed by atoms with Crippen molar-refractivity contribution in [3.05, 3.63) is 36.5 Å². The molecule has 0 aliphatic rings. The molecular weight excluding hydrogens is 697 g/mol. The van der Waals surface area contributed by atoms with Crippen molar-refractivity contribution in [1.82, 2.24) is 0 Å². The second-order valence-electron chi connectivity index (χ2n) is 16.0. The third-order valence-electron chi connectivity index (χ3n) is 10.4. The highest BCUT2D eigenvalue weighted by atomic mass is 16.6. The van der Waals surface area contributed by atoms with Gasteiger partial charge in [0.25, 0.3) is 0 Å². The maximum absolute atomic E-state index is 12.7. The van der Waals surface area contributed by atoms with Crippen molar-refractivity contribution in [3.63, 3.8) is 0 Å². The number of carbonyl (C=O) groups excluding carboxylic acids is 3. The molecule has 0 rings (SSSR count). The first-order valence-corrected chi connectivity index (χ1v) is 24.0. The van der Waals surface area contributed by atoms with Crippen molar-refractivity contribution in [1.29, 1.82) is 0 Å². The first-order chi connectivity index (χ1) is 27.5. The number of allylic oxidation sites excluding steroid dienone is 6. The molecule has 0 aromatic heterocycles. The van der Waals surface area contributed by atoms with Crippen LogP contribution in [0.3, 0.4) is 0 Å². The Balaban J connectivity index is 4.39. The fraction of sp³-hybridized carbons (Fsp3) is 0.820. The molecule has 326 valence electrons. The molecule has 0 N–H and O–H groups in total. The summed E-state index contributed by atoms with van der Waals surface area (Å²) in [7, 11) is 0. The van der Waals surface area contributed by atoms with E-state index in [1.807, 2.05) is 0 Å². The minimum Gasteiger partial charge on any atom is -0.462 e. The van der Waals surface area contributed by atoms with Gasteiger partial charge in [0.15, 0.2) is 6.10 Å². The lowest BCUT2D eigenvalue weighted by molar-refractivity contribution is -0.167. The lowest BCUT2D eigenvalue weighted by atomic mass is 10.0. The van der Waals surface area contributed by atoms with Crippen molar-refractivity contribution < 1.29 is 28.6 Å². The van der Waals surface area contributed by atoms with Crippen LogP contribution in [-0.4, -0.2) is 37.2 Å². The van der Waals surface area contributed by atoms with Gasteiger partial charge in [0, 0.05) is 19.3 Å². The first-order valence-electron chi connectivity index (χ1n) is 24.0. The zero-order valence-corrected chi connectivity index (χ0v) is 37.2. The molecule has 0 spiro atoms. The second-order valence-corrected chi connectivity index (χ2v) is 16.0. The van der Waals surface area contributed by atoms with Crippen LogP contribution in [0.25, 0.3) is 0 Å². The van der Waals surface area contributed by atoms with E-state index in [1.165, 1.54) is 135 Å². The third-order valence-corrected chi connectivity index (χ3v) is 10.4. The van der Waals surface area contributed by atoms with Crippen molar-refractivity contribution in [2.24, 2.45) is 0 Å². The summed E-state index contributed by atoms with van der Waals surface area (Å²) in [4.78, 5) is 37.8. The van der Waals surface area contributed by atoms with Crippen molar-refractivity contribution in [2.75, 3.05) is 13.2 Å². The van der Waals surface area contributed by atoms with Gasteiger partial charge >= 0.3 is 17.9 Å². The van der Waals surface area contributed by atoms with E-state index in [9.17, 15) is 14.4 Å². The molecule has 0 aliphatic carbocycles. The van der Waals surface area contributed by atoms with E-state index in [4.69, 9.17) is 14.2 Å². The van der Waals surface area contributed by atoms with Crippen molar-refractivity contribution in [3.8, 4) is 0 Å². The number of carbonyl (C=O) groups is 3. The molecule has 56 heavy (non-hydrogen) atoms. The third kappa shape index (κ3) is 42.8. The summed E-state index contributed by atoms with van der Waals surface area (Å²) in [6.07, 6.45) is 51.3. The zero-order chi connectivity index (χ0) is 40.8. The zero-order valence-electron chi connectivity index (χ0n) is 37.2. The predicted molar refractivity (Wildman–Crippen MR) is 238 cm³/mol. The Hall–Kier alpha value is -2.37. The molecule has 0 radical (unpaired) electrons. The fourth-order valence-electron chi connectivity index (χ4n) is 6.82. The average Bonchev–Trinajstić information content (AvgIpc) is 3.19. The maximum atomic E-state index is 12.7. The highest BCUT2D eigenvalue weighted by Crippen LogP contribution is 2.15. The molecule has 0 aromatic rings. The van der Waals surface area contributed by atoms with Crippen LogP contribution in [-0.2, 0) is 28.6 Å². The maximum Gasteiger partial charge on any atom is 0.306 e. The average molecular weight is 787 g/mol. The van der Waals surface area contributed by atoms with Crippen LogP contribution in [0.4, 0.5) is 0 Å². The molecule has 0 saturated carbocycles. The van der Waals surface area contributed by atoms with Gasteiger partial charge in [0.1, 0.15) is 13.2 Å². The van der Waals surface area contributed by atoms with Crippen molar-refractivity contribution in [2.45, 2.75) is 252 Å². The summed E-state index contributed by atoms with van der Waals surface area (Å²) < 4.78 is 16.7. The fourth-order valence-corrected chi connectivity index (χ4v) is 6.82. The van der Waals surface area contributed by atoms with Crippen LogP contribution in [0.1, 0.15) is 245 Å². The van der Waals surface area contributed by atoms with E-state index < -0.39 is 6.10 Å². The topological polar surface area (TPSA) is 78.9 Å². The minimum absolute atomic E-state index is 0.0838. The van der Waals surface area contributed by atoms with E-state index in [1.54, 1.807) is 0 Å². The largest absolute Gasteiger partial charge is 0.462 e. The SMILES string of the molecule is CC/C=C\C/C=C\C/C=C\CCCC(=O)OCC(COC(=O)CCCCCCCCCCCCCCCC)OC(=O)CCCCCCCCCCCCCCC. The number of hydrogen-bond acceptors (Lipinski definition) is 6. The summed E-state index contributed by atoms with van der Waals surface area (Å²) in [5.41, 5.74) is 0. The molecule has 0 aliphatic heterocycles. The molecule has 0 amide bonds. The number of unbranched alkanes of at least 4 members (excludes halogenated alkanes) is 26. The van der Waals surface area contributed by atoms with Crippen LogP contribution in [0.15, 0.2) is 36.5 Å². The first kappa shape index (κ1) is 53.6. The Morgan fingerprint density at radius 3 is 1.09 bits per heavy atom. The Labute approximate surface area is 346 Å². The number of esters is 3. The Bertz CT molecular complexity index is 953. The quantitative estimate of drug-likeness (QED) is 0.0265. The van der Waals surface area contributed by atoms with Crippen molar-refractivity contribution >= 4 is 17.9 Å². The molecule has 1 unspecified atom stereocenters. The van der Waals surface area contributed by atoms with Gasteiger partial charge < -0.3 is 14.2 Å². The van der Waals surface area contributed by atoms with E-state index >= 15 is 0 Å². The number of rotatable bonds is 43. The van der Waals surface area contributed by atoms with Gasteiger partial charge in [-0.1, -0.05) is 218 Å². The number of hydrogen-bond donors (Lipinski definition) is 0. The minimum atomic E-state index is -0.785. The highest BCUT2D eigenvalue weighted by Gasteiger charge is 2.19. The smallest absolute Gasteiger partial charge is 0.306 e. The van der Waals surface area contributed by atoms with Crippen LogP contribution < -0.4 is 0 Å². The van der Waals surface area contributed by atoms with Gasteiger partial charge in [0.2, 0.25) is 0 Å². The van der Waals surface area contributed by atoms with Crippen LogP contribution in [0.2, 0.25) is 0 Å². The number of ether oxygens (including phenoxy) is 3. The van der Waals surface area contributed by atoms with Gasteiger partial charge in [-0.05, 0) is 44.9 Å². The van der Waals surface area contributed by atoms with Gasteiger partial charge in [0.05, 0.1) is 0 Å². The molecule has 0 heterocycles. The molecule has 6 heteroatoms. The summed E-state index contributed by atoms with van der Waals surface area (Å²) in [5, 5.41) is 0. The van der Waals surface area contributed by atoms with Gasteiger partial charge in [-0.15, -0.1) is 0 Å². The van der Waals surface area contributed by atoms with Gasteiger partial charge in [-0.25, -0.2) is 0 Å². The Morgan fingerprint density at radius 1 is 0.375 bits per heavy atom. The van der Waals surface area contributed by atoms with E-state index in [-0.39, 0.29) is 31.1 Å². The van der Waals surface area contributed by atoms with Crippen LogP contribution >= 0.6 is 0 Å². The summed E-state index contributed by atoms with van der Waals surface area (Å²) in [6.45, 7) is 6.48. The highest BCUT2D eigenvalue weighted by molar-refractivity contribution is 5.71. The molecule has 1 atom stereocenters. The standard InChI is InChI=1S/C50H90O6/c1-4-7-10-13-16-19-22-24-26-28-31-34-37-40-43-49(52)55-46-47(45-54-48(51)42-39-36-33-30-27-21-18-15-12-9-6-3)56-50(53)44-41-38-35-32-29-25-23-20-17-14-11-8-5-2/h9,12,18,21,30,33,47H,4-8,10-11,13-17,19-20,22-29,31-32,34-46H2,1-3H3/b12-9-,21-18-,33-30-. The van der Waals surface area contributed by atoms with Crippen LogP contribution in [0, 0.1) is 0 Å². The van der Waals surface area contributed by atoms with E-state index in [2.05, 4.69) is 57.2 Å². The molecule has 0 aromatic carbocycles. The summed E-state index contributed by atoms with van der Waals surface area (Å²) in [5.74, 6) is -0.933. The molecule has 0 bridgehead atoms. The van der Waals surface area contributed by atoms with Crippen LogP contribution in [0.5, 0.6) is 0 Å². The monoisotopic (exact) mass is 787 g/mol. The summed E-state index contributed by atoms with van der Waals surface area (Å²) >= 11 is 0. The van der Waals surface area contributed by atoms with E-state index in [0.29, 0.717) is 25.7 Å². The predicted octanol–water partition coefficient (Wildman–Crippen LogP) is 15.4. The molecular formula is C50H90O6. The van der Waals surface area contributed by atoms with E-state index in [0.717, 1.165) is 64.2 Å². The molecule has 0 fully saturated rings. The summed E-state index contributed by atoms with van der Waals surface area (Å²) in [6, 6.07) is 0. The normalized spacial score (nSPS) is 12.3. The van der Waals surface area contributed by atoms with Gasteiger partial charge in [-0.3, -0.25) is 14.4 Å². The lowest BCUT2D eigenvalue weighted by Gasteiger charge is -2.18.